The summed E-state index contributed by atoms with van der Waals surface area (Å²) in [6.45, 7) is -0.183. The zero-order chi connectivity index (χ0) is 27.7. The molecule has 204 valence electrons. The van der Waals surface area contributed by atoms with Crippen LogP contribution in [0.2, 0.25) is 0 Å². The number of hydrogen-bond acceptors (Lipinski definition) is 8. The molecule has 16 N–H and O–H groups in total. The minimum Gasteiger partial charge on any atom is -0.480 e. The van der Waals surface area contributed by atoms with Crippen LogP contribution < -0.4 is 50.4 Å². The summed E-state index contributed by atoms with van der Waals surface area (Å²) in [5, 5.41) is 16.5. The van der Waals surface area contributed by atoms with Gasteiger partial charge in [-0.25, -0.2) is 4.79 Å². The van der Waals surface area contributed by atoms with E-state index in [9.17, 15) is 29.1 Å². The Balaban J connectivity index is 5.08. The number of aliphatic carboxylic acids is 1. The first kappa shape index (κ1) is 31.8. The Morgan fingerprint density at radius 2 is 1.28 bits per heavy atom. The van der Waals surface area contributed by atoms with Crippen LogP contribution in [0.5, 0.6) is 0 Å². The van der Waals surface area contributed by atoms with Gasteiger partial charge in [0.25, 0.3) is 0 Å². The molecule has 36 heavy (non-hydrogen) atoms. The third-order valence-corrected chi connectivity index (χ3v) is 4.62. The predicted octanol–water partition coefficient (Wildman–Crippen LogP) is -5.14. The highest BCUT2D eigenvalue weighted by molar-refractivity contribution is 5.92. The van der Waals surface area contributed by atoms with Crippen LogP contribution in [0, 0.1) is 0 Å². The monoisotopic (exact) mass is 515 g/mol. The summed E-state index contributed by atoms with van der Waals surface area (Å²) in [5.74, 6) is -4.37. The Kier molecular flexibility index (Phi) is 15.3. The Labute approximate surface area is 207 Å². The number of primary amides is 1. The van der Waals surface area contributed by atoms with E-state index in [0.717, 1.165) is 0 Å². The van der Waals surface area contributed by atoms with E-state index in [0.29, 0.717) is 0 Å². The lowest BCUT2D eigenvalue weighted by atomic mass is 10.1. The number of carboxylic acid groups (broad SMARTS) is 1. The van der Waals surface area contributed by atoms with Crippen LogP contribution in [-0.2, 0) is 24.0 Å². The Morgan fingerprint density at radius 1 is 0.750 bits per heavy atom. The van der Waals surface area contributed by atoms with E-state index in [-0.39, 0.29) is 63.5 Å². The number of aliphatic imine (C=N–C) groups is 2. The van der Waals surface area contributed by atoms with Crippen LogP contribution in [0.4, 0.5) is 0 Å². The maximum absolute atomic E-state index is 12.8. The molecule has 0 aliphatic carbocycles. The second-order valence-electron chi connectivity index (χ2n) is 7.75. The fourth-order valence-electron chi connectivity index (χ4n) is 2.78. The van der Waals surface area contributed by atoms with Crippen molar-refractivity contribution in [3.05, 3.63) is 0 Å². The van der Waals surface area contributed by atoms with Gasteiger partial charge < -0.3 is 55.5 Å². The number of nitrogens with zero attached hydrogens (tertiary/aromatic N) is 2. The fraction of sp³-hybridized carbons (Fsp3) is 0.632. The summed E-state index contributed by atoms with van der Waals surface area (Å²) in [5.41, 5.74) is 31.6. The largest absolute Gasteiger partial charge is 0.480 e. The summed E-state index contributed by atoms with van der Waals surface area (Å²) >= 11 is 0. The zero-order valence-corrected chi connectivity index (χ0v) is 19.9. The third-order valence-electron chi connectivity index (χ3n) is 4.62. The Morgan fingerprint density at radius 3 is 1.75 bits per heavy atom. The lowest BCUT2D eigenvalue weighted by Crippen LogP contribution is -2.53. The molecular weight excluding hydrogens is 478 g/mol. The first-order chi connectivity index (χ1) is 16.8. The van der Waals surface area contributed by atoms with Gasteiger partial charge in [0, 0.05) is 19.5 Å². The van der Waals surface area contributed by atoms with Gasteiger partial charge in [0.1, 0.15) is 12.1 Å². The molecule has 0 fully saturated rings. The Bertz CT molecular complexity index is 825. The molecule has 3 unspecified atom stereocenters. The maximum atomic E-state index is 12.8. The smallest absolute Gasteiger partial charge is 0.326 e. The topological polar surface area (TPSA) is 323 Å². The molecule has 0 aromatic carbocycles. The molecule has 0 aromatic heterocycles. The predicted molar refractivity (Wildman–Crippen MR) is 131 cm³/mol. The zero-order valence-electron chi connectivity index (χ0n) is 19.9. The van der Waals surface area contributed by atoms with Crippen molar-refractivity contribution in [3.8, 4) is 0 Å². The molecule has 0 saturated carbocycles. The summed E-state index contributed by atoms with van der Waals surface area (Å²) in [6, 6.07) is -3.46. The van der Waals surface area contributed by atoms with E-state index in [4.69, 9.17) is 34.4 Å². The van der Waals surface area contributed by atoms with Crippen molar-refractivity contribution in [3.63, 3.8) is 0 Å². The van der Waals surface area contributed by atoms with Gasteiger partial charge in [-0.15, -0.1) is 0 Å². The average Bonchev–Trinajstić information content (AvgIpc) is 2.78. The van der Waals surface area contributed by atoms with Crippen molar-refractivity contribution in [1.82, 2.24) is 16.0 Å². The molecule has 0 radical (unpaired) electrons. The van der Waals surface area contributed by atoms with Gasteiger partial charge in [0.2, 0.25) is 23.6 Å². The van der Waals surface area contributed by atoms with Crippen molar-refractivity contribution < 1.29 is 29.1 Å². The van der Waals surface area contributed by atoms with E-state index < -0.39 is 54.3 Å². The highest BCUT2D eigenvalue weighted by atomic mass is 16.4. The molecule has 17 heteroatoms. The first-order valence-electron chi connectivity index (χ1n) is 11.1. The molecule has 0 rings (SSSR count). The van der Waals surface area contributed by atoms with Crippen LogP contribution in [0.25, 0.3) is 0 Å². The summed E-state index contributed by atoms with van der Waals surface area (Å²) < 4.78 is 0. The number of carbonyl (C=O) groups excluding carboxylic acids is 4. The molecule has 3 atom stereocenters. The quantitative estimate of drug-likeness (QED) is 0.0467. The normalized spacial score (nSPS) is 12.8. The number of nitrogens with one attached hydrogen (secondary N) is 3. The molecule has 0 bridgehead atoms. The molecule has 0 saturated heterocycles. The van der Waals surface area contributed by atoms with Crippen molar-refractivity contribution in [1.29, 1.82) is 0 Å². The standard InChI is InChI=1S/C19H37N11O6/c20-10(5-6-13(21)31)15(33)28-9-14(32)29-11(3-1-7-26-18(22)23)16(34)30-12(17(35)36)4-2-8-27-19(24)25/h10-12H,1-9,20H2,(H2,21,31)(H,28,33)(H,29,32)(H,30,34)(H,35,36)(H4,22,23,26)(H4,24,25,27). The molecule has 0 heterocycles. The maximum Gasteiger partial charge on any atom is 0.326 e. The van der Waals surface area contributed by atoms with E-state index in [1.807, 2.05) is 0 Å². The van der Waals surface area contributed by atoms with Crippen LogP contribution in [0.1, 0.15) is 38.5 Å². The lowest BCUT2D eigenvalue weighted by Gasteiger charge is -2.21. The second kappa shape index (κ2) is 17.3. The number of nitrogens with two attached hydrogens (primary N) is 6. The van der Waals surface area contributed by atoms with Crippen molar-refractivity contribution >= 4 is 41.5 Å². The van der Waals surface area contributed by atoms with Crippen LogP contribution >= 0.6 is 0 Å². The van der Waals surface area contributed by atoms with Gasteiger partial charge in [0.15, 0.2) is 11.9 Å². The van der Waals surface area contributed by atoms with Gasteiger partial charge in [-0.2, -0.15) is 0 Å². The van der Waals surface area contributed by atoms with Gasteiger partial charge in [-0.05, 0) is 32.1 Å². The number of guanidine groups is 2. The minimum absolute atomic E-state index is 0.00162. The molecule has 0 aromatic rings. The molecule has 0 aliphatic heterocycles. The van der Waals surface area contributed by atoms with Crippen LogP contribution in [0.3, 0.4) is 0 Å². The minimum atomic E-state index is -1.28. The summed E-state index contributed by atoms with van der Waals surface area (Å²) in [4.78, 5) is 67.0. The summed E-state index contributed by atoms with van der Waals surface area (Å²) in [6.07, 6.45) is 0.558. The molecule has 0 aliphatic rings. The van der Waals surface area contributed by atoms with E-state index in [1.165, 1.54) is 0 Å². The van der Waals surface area contributed by atoms with Gasteiger partial charge in [-0.3, -0.25) is 29.2 Å². The van der Waals surface area contributed by atoms with Gasteiger partial charge >= 0.3 is 5.97 Å². The number of carbonyl (C=O) groups is 5. The molecule has 17 nitrogen and oxygen atoms in total. The van der Waals surface area contributed by atoms with Gasteiger partial charge in [0.05, 0.1) is 12.6 Å². The van der Waals surface area contributed by atoms with Crippen molar-refractivity contribution in [2.45, 2.75) is 56.7 Å². The number of rotatable bonds is 18. The summed E-state index contributed by atoms with van der Waals surface area (Å²) in [7, 11) is 0. The van der Waals surface area contributed by atoms with E-state index in [1.54, 1.807) is 0 Å². The third kappa shape index (κ3) is 15.6. The first-order valence-corrected chi connectivity index (χ1v) is 11.1. The number of carboxylic acids is 1. The molecule has 4 amide bonds. The lowest BCUT2D eigenvalue weighted by molar-refractivity contribution is -0.142. The highest BCUT2D eigenvalue weighted by Gasteiger charge is 2.26. The Hall–Kier alpha value is -4.15. The SMILES string of the molecule is NC(=O)CCC(N)C(=O)NCC(=O)NC(CCCN=C(N)N)C(=O)NC(CCCN=C(N)N)C(=O)O. The number of hydrogen-bond donors (Lipinski definition) is 10. The van der Waals surface area contributed by atoms with Crippen LogP contribution in [-0.4, -0.2) is 84.4 Å². The highest BCUT2D eigenvalue weighted by Crippen LogP contribution is 2.03. The van der Waals surface area contributed by atoms with E-state index in [2.05, 4.69) is 25.9 Å². The van der Waals surface area contributed by atoms with Gasteiger partial charge in [-0.1, -0.05) is 0 Å². The van der Waals surface area contributed by atoms with Crippen LogP contribution in [0.15, 0.2) is 9.98 Å². The van der Waals surface area contributed by atoms with E-state index >= 15 is 0 Å². The number of amides is 4. The van der Waals surface area contributed by atoms with Crippen molar-refractivity contribution in [2.24, 2.45) is 44.4 Å². The second-order valence-corrected chi connectivity index (χ2v) is 7.75. The molecule has 0 spiro atoms. The fourth-order valence-corrected chi connectivity index (χ4v) is 2.78. The average molecular weight is 516 g/mol. The molecular formula is C19H37N11O6. The van der Waals surface area contributed by atoms with Crippen molar-refractivity contribution in [2.75, 3.05) is 19.6 Å².